The van der Waals surface area contributed by atoms with E-state index in [2.05, 4.69) is 0 Å². The van der Waals surface area contributed by atoms with Gasteiger partial charge in [0.05, 0.1) is 19.8 Å². The Morgan fingerprint density at radius 1 is 0.510 bits per heavy atom. The summed E-state index contributed by atoms with van der Waals surface area (Å²) in [6, 6.07) is 3.16. The molecule has 0 saturated carbocycles. The van der Waals surface area contributed by atoms with Crippen LogP contribution in [0.2, 0.25) is 0 Å². The third-order valence-corrected chi connectivity index (χ3v) is 7.78. The molecule has 0 unspecified atom stereocenters. The van der Waals surface area contributed by atoms with Gasteiger partial charge in [-0.25, -0.2) is 27.6 Å². The molecule has 3 aliphatic rings. The van der Waals surface area contributed by atoms with E-state index in [0.29, 0.717) is 0 Å². The zero-order valence-electron chi connectivity index (χ0n) is 25.8. The minimum absolute atomic E-state index is 0.603. The van der Waals surface area contributed by atoms with Crippen molar-refractivity contribution in [3.8, 4) is 0 Å². The van der Waals surface area contributed by atoms with Gasteiger partial charge in [-0.15, -0.1) is 0 Å². The first kappa shape index (κ1) is 39.3. The Kier molecular flexibility index (Phi) is 12.8. The van der Waals surface area contributed by atoms with E-state index in [4.69, 9.17) is 29.5 Å². The van der Waals surface area contributed by atoms with Crippen molar-refractivity contribution in [3.63, 3.8) is 0 Å². The molecule has 0 amide bonds. The van der Waals surface area contributed by atoms with Crippen LogP contribution in [0.3, 0.4) is 0 Å². The molecule has 0 bridgehead atoms. The first-order valence-corrected chi connectivity index (χ1v) is 14.8. The number of aromatic amines is 3. The summed E-state index contributed by atoms with van der Waals surface area (Å²) in [6.07, 6.45) is -14.1. The highest BCUT2D eigenvalue weighted by molar-refractivity contribution is 4.95. The quantitative estimate of drug-likeness (QED) is 0.114. The van der Waals surface area contributed by atoms with Crippen molar-refractivity contribution in [2.24, 2.45) is 0 Å². The summed E-state index contributed by atoms with van der Waals surface area (Å²) in [7, 11) is 0. The van der Waals surface area contributed by atoms with Crippen LogP contribution in [-0.2, 0) is 14.2 Å². The van der Waals surface area contributed by atoms with E-state index in [1.54, 1.807) is 0 Å². The number of hydrogen-bond acceptors (Lipinski definition) is 15. The fourth-order valence-corrected chi connectivity index (χ4v) is 5.14. The molecular formula is C27H33F3N6O15. The third kappa shape index (κ3) is 8.51. The summed E-state index contributed by atoms with van der Waals surface area (Å²) in [5, 5.41) is 55.1. The second-order valence-corrected chi connectivity index (χ2v) is 11.1. The lowest BCUT2D eigenvalue weighted by Gasteiger charge is -2.16. The SMILES string of the molecule is O=c1ccn([C@@H]2O[C@H](CO)[C@@H](F)[C@H]2O)c(=O)[nH]1.O=c1ccn([C@@H]2O[C@H](CO)[C@@H](F)[C@H]2O)c(=O)[nH]1.O=c1ccn([C@@H]2O[C@H](CO)[C@@H](F)[C@H]2O)c(=O)[nH]1. The van der Waals surface area contributed by atoms with Crippen LogP contribution in [-0.4, -0.2) is 134 Å². The van der Waals surface area contributed by atoms with Crippen molar-refractivity contribution in [3.05, 3.63) is 99.3 Å². The van der Waals surface area contributed by atoms with Crippen LogP contribution in [0.15, 0.2) is 65.6 Å². The van der Waals surface area contributed by atoms with E-state index in [9.17, 15) is 57.3 Å². The molecule has 0 radical (unpaired) electrons. The molecule has 24 heteroatoms. The van der Waals surface area contributed by atoms with E-state index in [1.807, 2.05) is 15.0 Å². The van der Waals surface area contributed by atoms with Gasteiger partial charge >= 0.3 is 17.1 Å². The Bertz CT molecular complexity index is 1760. The zero-order valence-corrected chi connectivity index (χ0v) is 25.8. The maximum atomic E-state index is 13.4. The van der Waals surface area contributed by atoms with Crippen molar-refractivity contribution < 1.29 is 58.0 Å². The fourth-order valence-electron chi connectivity index (χ4n) is 5.14. The van der Waals surface area contributed by atoms with Gasteiger partial charge in [0.2, 0.25) is 0 Å². The molecule has 21 nitrogen and oxygen atoms in total. The predicted molar refractivity (Wildman–Crippen MR) is 160 cm³/mol. The molecule has 3 aliphatic heterocycles. The Labute approximate surface area is 280 Å². The van der Waals surface area contributed by atoms with Gasteiger partial charge in [-0.2, -0.15) is 0 Å². The van der Waals surface area contributed by atoms with Gasteiger partial charge in [0.15, 0.2) is 37.2 Å². The number of rotatable bonds is 6. The number of nitrogens with one attached hydrogen (secondary N) is 3. The molecule has 0 aromatic carbocycles. The summed E-state index contributed by atoms with van der Waals surface area (Å²) >= 11 is 0. The largest absolute Gasteiger partial charge is 0.394 e. The van der Waals surface area contributed by atoms with Crippen molar-refractivity contribution in [2.75, 3.05) is 19.8 Å². The molecule has 3 aromatic rings. The summed E-state index contributed by atoms with van der Waals surface area (Å²) in [6.45, 7) is -1.81. The average Bonchev–Trinajstić information content (AvgIpc) is 3.66. The second-order valence-electron chi connectivity index (χ2n) is 11.1. The fraction of sp³-hybridized carbons (Fsp3) is 0.556. The minimum atomic E-state index is -1.79. The standard InChI is InChI=1S/3C9H11FN2O5/c3*10-6-4(3-13)17-8(7(6)15)12-2-1-5(14)11-9(12)16/h3*1-2,4,6-8,13,15H,3H2,(H,11,14,16)/t3*4-,6-,7-,8-/m111/s1. The molecule has 282 valence electrons. The number of aliphatic hydroxyl groups excluding tert-OH is 6. The Morgan fingerprint density at radius 3 is 0.922 bits per heavy atom. The first-order valence-electron chi connectivity index (χ1n) is 14.8. The predicted octanol–water partition coefficient (Wildman–Crippen LogP) is -5.62. The zero-order chi connectivity index (χ0) is 37.7. The normalized spacial score (nSPS) is 32.9. The molecule has 3 aromatic heterocycles. The van der Waals surface area contributed by atoms with E-state index >= 15 is 0 Å². The van der Waals surface area contributed by atoms with Gasteiger partial charge in [0, 0.05) is 36.8 Å². The maximum Gasteiger partial charge on any atom is 0.330 e. The lowest BCUT2D eigenvalue weighted by atomic mass is 10.1. The van der Waals surface area contributed by atoms with Crippen LogP contribution in [0.5, 0.6) is 0 Å². The Balaban J connectivity index is 0.000000172. The van der Waals surface area contributed by atoms with Crippen LogP contribution < -0.4 is 33.7 Å². The van der Waals surface area contributed by atoms with Gasteiger partial charge in [-0.05, 0) is 0 Å². The Morgan fingerprint density at radius 2 is 0.745 bits per heavy atom. The highest BCUT2D eigenvalue weighted by Crippen LogP contribution is 2.31. The molecule has 9 N–H and O–H groups in total. The van der Waals surface area contributed by atoms with Crippen molar-refractivity contribution in [1.29, 1.82) is 0 Å². The van der Waals surface area contributed by atoms with Crippen molar-refractivity contribution in [2.45, 2.75) is 73.8 Å². The first-order chi connectivity index (χ1) is 24.1. The van der Waals surface area contributed by atoms with E-state index < -0.39 is 127 Å². The molecule has 6 heterocycles. The molecule has 3 fully saturated rings. The lowest BCUT2D eigenvalue weighted by molar-refractivity contribution is -0.0537. The van der Waals surface area contributed by atoms with Gasteiger partial charge < -0.3 is 44.8 Å². The number of ether oxygens (including phenoxy) is 3. The lowest BCUT2D eigenvalue weighted by Crippen LogP contribution is -2.36. The number of H-pyrrole nitrogens is 3. The molecule has 0 aliphatic carbocycles. The van der Waals surface area contributed by atoms with Gasteiger partial charge in [-0.3, -0.25) is 43.0 Å². The molecule has 51 heavy (non-hydrogen) atoms. The van der Waals surface area contributed by atoms with Crippen molar-refractivity contribution in [1.82, 2.24) is 28.7 Å². The highest BCUT2D eigenvalue weighted by atomic mass is 19.1. The summed E-state index contributed by atoms with van der Waals surface area (Å²) in [5.41, 5.74) is -4.25. The molecule has 12 atom stereocenters. The topological polar surface area (TPSA) is 314 Å². The van der Waals surface area contributed by atoms with E-state index in [-0.39, 0.29) is 0 Å². The average molecular weight is 739 g/mol. The number of hydrogen-bond donors (Lipinski definition) is 9. The summed E-state index contributed by atoms with van der Waals surface area (Å²) < 4.78 is 57.9. The van der Waals surface area contributed by atoms with Crippen LogP contribution in [0.4, 0.5) is 13.2 Å². The molecule has 0 spiro atoms. The summed E-state index contributed by atoms with van der Waals surface area (Å²) in [5.74, 6) is 0. The molecule has 6 rings (SSSR count). The van der Waals surface area contributed by atoms with Gasteiger partial charge in [0.1, 0.15) is 36.6 Å². The van der Waals surface area contributed by atoms with Crippen LogP contribution in [0.1, 0.15) is 18.7 Å². The number of alkyl halides is 3. The van der Waals surface area contributed by atoms with E-state index in [1.165, 1.54) is 0 Å². The van der Waals surface area contributed by atoms with Crippen LogP contribution >= 0.6 is 0 Å². The summed E-state index contributed by atoms with van der Waals surface area (Å²) in [4.78, 5) is 72.6. The third-order valence-electron chi connectivity index (χ3n) is 7.78. The number of halogens is 3. The maximum absolute atomic E-state index is 13.4. The smallest absolute Gasteiger partial charge is 0.330 e. The van der Waals surface area contributed by atoms with Gasteiger partial charge in [-0.1, -0.05) is 0 Å². The monoisotopic (exact) mass is 738 g/mol. The number of aliphatic hydroxyl groups is 6. The Hall–Kier alpha value is -4.53. The second kappa shape index (κ2) is 16.7. The van der Waals surface area contributed by atoms with Crippen LogP contribution in [0, 0.1) is 0 Å². The van der Waals surface area contributed by atoms with Gasteiger partial charge in [0.25, 0.3) is 16.7 Å². The van der Waals surface area contributed by atoms with Crippen molar-refractivity contribution >= 4 is 0 Å². The number of nitrogens with zero attached hydrogens (tertiary/aromatic N) is 3. The highest BCUT2D eigenvalue weighted by Gasteiger charge is 2.47. The van der Waals surface area contributed by atoms with E-state index in [0.717, 1.165) is 50.5 Å². The number of aromatic nitrogens is 6. The van der Waals surface area contributed by atoms with Crippen LogP contribution in [0.25, 0.3) is 0 Å². The minimum Gasteiger partial charge on any atom is -0.394 e. The molecule has 3 saturated heterocycles. The molecular weight excluding hydrogens is 705 g/mol.